The highest BCUT2D eigenvalue weighted by atomic mass is 15.7. The summed E-state index contributed by atoms with van der Waals surface area (Å²) in [5.41, 5.74) is 1.21. The van der Waals surface area contributed by atoms with Crippen molar-refractivity contribution in [2.45, 2.75) is 26.2 Å². The number of hydrogen-bond donors (Lipinski definition) is 0. The van der Waals surface area contributed by atoms with Gasteiger partial charge >= 0.3 is 0 Å². The van der Waals surface area contributed by atoms with Crippen LogP contribution in [0.25, 0.3) is 0 Å². The van der Waals surface area contributed by atoms with Gasteiger partial charge in [0.05, 0.1) is 11.9 Å². The molecular formula is C8H14N4. The Morgan fingerprint density at radius 3 is 2.83 bits per heavy atom. The molecule has 1 aliphatic rings. The molecule has 0 unspecified atom stereocenters. The van der Waals surface area contributed by atoms with Crippen LogP contribution in [-0.2, 0) is 6.42 Å². The third-order valence-electron chi connectivity index (χ3n) is 2.31. The number of hydrogen-bond acceptors (Lipinski definition) is 3. The van der Waals surface area contributed by atoms with Gasteiger partial charge < -0.3 is 0 Å². The molecule has 0 spiro atoms. The van der Waals surface area contributed by atoms with Crippen molar-refractivity contribution < 1.29 is 0 Å². The summed E-state index contributed by atoms with van der Waals surface area (Å²) in [6.07, 6.45) is 5.41. The molecule has 2 heterocycles. The molecule has 4 nitrogen and oxygen atoms in total. The Labute approximate surface area is 72.1 Å². The largest absolute Gasteiger partial charge is 0.295 e. The molecule has 0 radical (unpaired) electrons. The first kappa shape index (κ1) is 7.58. The van der Waals surface area contributed by atoms with E-state index in [0.29, 0.717) is 0 Å². The summed E-state index contributed by atoms with van der Waals surface area (Å²) in [5, 5.41) is 10.2. The van der Waals surface area contributed by atoms with Crippen molar-refractivity contribution in [2.75, 3.05) is 18.1 Å². The Morgan fingerprint density at radius 1 is 1.42 bits per heavy atom. The summed E-state index contributed by atoms with van der Waals surface area (Å²) in [6, 6.07) is 0. The van der Waals surface area contributed by atoms with Gasteiger partial charge in [-0.25, -0.2) is 0 Å². The lowest BCUT2D eigenvalue weighted by Crippen LogP contribution is -2.33. The maximum Gasteiger partial charge on any atom is 0.0822 e. The van der Waals surface area contributed by atoms with Crippen LogP contribution in [0.3, 0.4) is 0 Å². The lowest BCUT2D eigenvalue weighted by Gasteiger charge is -2.18. The fourth-order valence-corrected chi connectivity index (χ4v) is 1.61. The first-order valence-electron chi connectivity index (χ1n) is 4.56. The smallest absolute Gasteiger partial charge is 0.0822 e. The fourth-order valence-electron chi connectivity index (χ4n) is 1.61. The minimum absolute atomic E-state index is 1.00. The van der Waals surface area contributed by atoms with E-state index < -0.39 is 0 Å². The normalized spacial score (nSPS) is 17.2. The van der Waals surface area contributed by atoms with Crippen molar-refractivity contribution in [3.05, 3.63) is 11.9 Å². The molecule has 2 rings (SSSR count). The molecule has 0 saturated carbocycles. The zero-order valence-electron chi connectivity index (χ0n) is 7.40. The molecule has 0 aliphatic carbocycles. The number of nitrogens with zero attached hydrogens (tertiary/aromatic N) is 4. The van der Waals surface area contributed by atoms with Crippen LogP contribution in [0.5, 0.6) is 0 Å². The highest BCUT2D eigenvalue weighted by Gasteiger charge is 2.14. The second-order valence-electron chi connectivity index (χ2n) is 3.13. The van der Waals surface area contributed by atoms with Gasteiger partial charge in [-0.15, -0.1) is 5.10 Å². The lowest BCUT2D eigenvalue weighted by molar-refractivity contribution is 0.546. The molecule has 1 aromatic rings. The number of aromatic nitrogens is 3. The summed E-state index contributed by atoms with van der Waals surface area (Å²) < 4.78 is 0. The molecule has 66 valence electrons. The van der Waals surface area contributed by atoms with Gasteiger partial charge in [0.2, 0.25) is 0 Å². The zero-order valence-corrected chi connectivity index (χ0v) is 7.40. The Kier molecular flexibility index (Phi) is 1.98. The van der Waals surface area contributed by atoms with E-state index in [1.165, 1.54) is 18.5 Å². The predicted molar refractivity (Wildman–Crippen MR) is 46.6 cm³/mol. The Balaban J connectivity index is 2.19. The fraction of sp³-hybridized carbons (Fsp3) is 0.750. The molecule has 1 aliphatic heterocycles. The summed E-state index contributed by atoms with van der Waals surface area (Å²) in [4.78, 5) is 1.95. The Bertz CT molecular complexity index is 249. The summed E-state index contributed by atoms with van der Waals surface area (Å²) >= 11 is 0. The van der Waals surface area contributed by atoms with Crippen molar-refractivity contribution in [1.82, 2.24) is 15.1 Å². The van der Waals surface area contributed by atoms with E-state index >= 15 is 0 Å². The number of aryl methyl sites for hydroxylation is 1. The van der Waals surface area contributed by atoms with Crippen molar-refractivity contribution >= 4 is 0 Å². The molecule has 0 aromatic carbocycles. The lowest BCUT2D eigenvalue weighted by atomic mass is 10.4. The van der Waals surface area contributed by atoms with Gasteiger partial charge in [0.15, 0.2) is 0 Å². The minimum atomic E-state index is 1.00. The first-order chi connectivity index (χ1) is 5.92. The molecule has 0 atom stereocenters. The van der Waals surface area contributed by atoms with E-state index in [0.717, 1.165) is 19.5 Å². The van der Waals surface area contributed by atoms with Gasteiger partial charge in [-0.2, -0.15) is 4.79 Å². The van der Waals surface area contributed by atoms with Gasteiger partial charge in [0.25, 0.3) is 0 Å². The quantitative estimate of drug-likeness (QED) is 0.644. The highest BCUT2D eigenvalue weighted by molar-refractivity contribution is 5.00. The van der Waals surface area contributed by atoms with Crippen LogP contribution in [0, 0.1) is 0 Å². The average Bonchev–Trinajstić information content (AvgIpc) is 2.74. The second-order valence-corrected chi connectivity index (χ2v) is 3.13. The second kappa shape index (κ2) is 3.13. The maximum atomic E-state index is 4.06. The van der Waals surface area contributed by atoms with Gasteiger partial charge in [0, 0.05) is 13.1 Å². The average molecular weight is 166 g/mol. The zero-order chi connectivity index (χ0) is 8.39. The van der Waals surface area contributed by atoms with Gasteiger partial charge in [-0.3, -0.25) is 5.01 Å². The van der Waals surface area contributed by atoms with Crippen LogP contribution in [0.1, 0.15) is 25.5 Å². The molecule has 4 heteroatoms. The summed E-state index contributed by atoms with van der Waals surface area (Å²) in [6.45, 7) is 4.37. The van der Waals surface area contributed by atoms with Crippen LogP contribution in [0.2, 0.25) is 0 Å². The van der Waals surface area contributed by atoms with Crippen molar-refractivity contribution in [3.63, 3.8) is 0 Å². The molecule has 0 bridgehead atoms. The molecule has 1 saturated heterocycles. The molecule has 0 amide bonds. The number of rotatable bonds is 2. The van der Waals surface area contributed by atoms with E-state index in [1.807, 2.05) is 11.0 Å². The standard InChI is InChI=1S/C8H14N4/c1-2-8-7-9-10-12(8)11-5-3-4-6-11/h7H,2-6H2,1H3. The van der Waals surface area contributed by atoms with Gasteiger partial charge in [0.1, 0.15) is 0 Å². The Morgan fingerprint density at radius 2 is 2.17 bits per heavy atom. The van der Waals surface area contributed by atoms with Crippen molar-refractivity contribution in [3.8, 4) is 0 Å². The first-order valence-corrected chi connectivity index (χ1v) is 4.56. The van der Waals surface area contributed by atoms with Gasteiger partial charge in [-0.05, 0) is 24.5 Å². The van der Waals surface area contributed by atoms with Crippen molar-refractivity contribution in [2.24, 2.45) is 0 Å². The topological polar surface area (TPSA) is 34.0 Å². The van der Waals surface area contributed by atoms with Crippen LogP contribution in [-0.4, -0.2) is 28.2 Å². The molecule has 1 aromatic heterocycles. The molecular weight excluding hydrogens is 152 g/mol. The predicted octanol–water partition coefficient (Wildman–Crippen LogP) is 0.572. The third kappa shape index (κ3) is 1.17. The van der Waals surface area contributed by atoms with Crippen LogP contribution < -0.4 is 5.01 Å². The molecule has 1 fully saturated rings. The van der Waals surface area contributed by atoms with E-state index in [2.05, 4.69) is 22.2 Å². The van der Waals surface area contributed by atoms with Crippen LogP contribution >= 0.6 is 0 Å². The SMILES string of the molecule is CCc1cnnn1N1CCCC1. The van der Waals surface area contributed by atoms with E-state index in [9.17, 15) is 0 Å². The molecule has 12 heavy (non-hydrogen) atoms. The van der Waals surface area contributed by atoms with Crippen molar-refractivity contribution in [1.29, 1.82) is 0 Å². The summed E-state index contributed by atoms with van der Waals surface area (Å²) in [7, 11) is 0. The summed E-state index contributed by atoms with van der Waals surface area (Å²) in [5.74, 6) is 0. The van der Waals surface area contributed by atoms with E-state index in [-0.39, 0.29) is 0 Å². The highest BCUT2D eigenvalue weighted by Crippen LogP contribution is 2.07. The minimum Gasteiger partial charge on any atom is -0.295 e. The maximum absolute atomic E-state index is 4.06. The van der Waals surface area contributed by atoms with Crippen LogP contribution in [0.4, 0.5) is 0 Å². The monoisotopic (exact) mass is 166 g/mol. The Hall–Kier alpha value is -1.06. The van der Waals surface area contributed by atoms with E-state index in [1.54, 1.807) is 0 Å². The van der Waals surface area contributed by atoms with E-state index in [4.69, 9.17) is 0 Å². The van der Waals surface area contributed by atoms with Gasteiger partial charge in [-0.1, -0.05) is 6.92 Å². The molecule has 0 N–H and O–H groups in total. The third-order valence-corrected chi connectivity index (χ3v) is 2.31. The van der Waals surface area contributed by atoms with Crippen LogP contribution in [0.15, 0.2) is 6.20 Å².